The van der Waals surface area contributed by atoms with Gasteiger partial charge >= 0.3 is 0 Å². The van der Waals surface area contributed by atoms with E-state index in [-0.39, 0.29) is 5.56 Å². The SMILES string of the molecule is N#Cc1c(F)cccc1NCC1Cc2ccccc2S1. The fourth-order valence-corrected chi connectivity index (χ4v) is 3.63. The maximum atomic E-state index is 13.5. The van der Waals surface area contributed by atoms with Gasteiger partial charge in [0.1, 0.15) is 17.4 Å². The lowest BCUT2D eigenvalue weighted by Gasteiger charge is -2.12. The Bertz CT molecular complexity index is 653. The van der Waals surface area contributed by atoms with Crippen molar-refractivity contribution in [1.82, 2.24) is 0 Å². The van der Waals surface area contributed by atoms with Gasteiger partial charge < -0.3 is 5.32 Å². The summed E-state index contributed by atoms with van der Waals surface area (Å²) < 4.78 is 13.5. The van der Waals surface area contributed by atoms with Gasteiger partial charge in [-0.2, -0.15) is 5.26 Å². The lowest BCUT2D eigenvalue weighted by molar-refractivity contribution is 0.624. The quantitative estimate of drug-likeness (QED) is 0.930. The van der Waals surface area contributed by atoms with Crippen molar-refractivity contribution in [3.8, 4) is 6.07 Å². The summed E-state index contributed by atoms with van der Waals surface area (Å²) in [7, 11) is 0. The van der Waals surface area contributed by atoms with Gasteiger partial charge in [-0.05, 0) is 30.2 Å². The predicted molar refractivity (Wildman–Crippen MR) is 79.4 cm³/mol. The minimum absolute atomic E-state index is 0.0908. The number of nitrogens with zero attached hydrogens (tertiary/aromatic N) is 1. The second-order valence-corrected chi connectivity index (χ2v) is 6.05. The molecule has 1 aliphatic heterocycles. The van der Waals surface area contributed by atoms with Gasteiger partial charge in [0.2, 0.25) is 0 Å². The third-order valence-corrected chi connectivity index (χ3v) is 4.68. The van der Waals surface area contributed by atoms with Crippen molar-refractivity contribution < 1.29 is 4.39 Å². The highest BCUT2D eigenvalue weighted by atomic mass is 32.2. The second-order valence-electron chi connectivity index (χ2n) is 4.71. The predicted octanol–water partition coefficient (Wildman–Crippen LogP) is 3.83. The number of hydrogen-bond acceptors (Lipinski definition) is 3. The van der Waals surface area contributed by atoms with Crippen LogP contribution in [0.25, 0.3) is 0 Å². The lowest BCUT2D eigenvalue weighted by Crippen LogP contribution is -2.16. The van der Waals surface area contributed by atoms with Crippen molar-refractivity contribution in [2.75, 3.05) is 11.9 Å². The Morgan fingerprint density at radius 1 is 1.25 bits per heavy atom. The maximum absolute atomic E-state index is 13.5. The number of hydrogen-bond donors (Lipinski definition) is 1. The van der Waals surface area contributed by atoms with Gasteiger partial charge in [-0.3, -0.25) is 0 Å². The van der Waals surface area contributed by atoms with E-state index in [1.807, 2.05) is 23.9 Å². The largest absolute Gasteiger partial charge is 0.383 e. The molecule has 4 heteroatoms. The topological polar surface area (TPSA) is 35.8 Å². The Labute approximate surface area is 121 Å². The molecule has 1 N–H and O–H groups in total. The number of nitriles is 1. The van der Waals surface area contributed by atoms with Crippen LogP contribution in [0.3, 0.4) is 0 Å². The van der Waals surface area contributed by atoms with Crippen LogP contribution in [0, 0.1) is 17.1 Å². The van der Waals surface area contributed by atoms with E-state index >= 15 is 0 Å². The van der Waals surface area contributed by atoms with Crippen LogP contribution in [0.2, 0.25) is 0 Å². The molecule has 1 aliphatic rings. The number of rotatable bonds is 3. The first-order chi connectivity index (χ1) is 9.78. The molecular weight excluding hydrogens is 271 g/mol. The van der Waals surface area contributed by atoms with Crippen molar-refractivity contribution in [2.45, 2.75) is 16.6 Å². The van der Waals surface area contributed by atoms with Gasteiger partial charge in [-0.25, -0.2) is 4.39 Å². The Morgan fingerprint density at radius 2 is 2.10 bits per heavy atom. The van der Waals surface area contributed by atoms with Crippen molar-refractivity contribution in [3.05, 3.63) is 59.4 Å². The summed E-state index contributed by atoms with van der Waals surface area (Å²) in [6, 6.07) is 15.0. The normalized spacial score (nSPS) is 16.5. The zero-order valence-electron chi connectivity index (χ0n) is 10.8. The van der Waals surface area contributed by atoms with Gasteiger partial charge in [0.05, 0.1) is 5.69 Å². The first-order valence-corrected chi connectivity index (χ1v) is 7.33. The molecule has 0 aromatic heterocycles. The summed E-state index contributed by atoms with van der Waals surface area (Å²) in [4.78, 5) is 1.32. The Morgan fingerprint density at radius 3 is 2.90 bits per heavy atom. The molecule has 0 saturated heterocycles. The van der Waals surface area contributed by atoms with E-state index in [1.54, 1.807) is 12.1 Å². The molecule has 1 heterocycles. The van der Waals surface area contributed by atoms with E-state index in [0.29, 0.717) is 10.9 Å². The number of halogens is 1. The number of benzene rings is 2. The molecule has 1 atom stereocenters. The van der Waals surface area contributed by atoms with E-state index in [9.17, 15) is 4.39 Å². The molecule has 0 bridgehead atoms. The molecule has 0 radical (unpaired) electrons. The minimum atomic E-state index is -0.472. The molecule has 3 rings (SSSR count). The van der Waals surface area contributed by atoms with Crippen molar-refractivity contribution in [1.29, 1.82) is 5.26 Å². The first-order valence-electron chi connectivity index (χ1n) is 6.45. The van der Waals surface area contributed by atoms with Gasteiger partial charge in [0.25, 0.3) is 0 Å². The zero-order chi connectivity index (χ0) is 13.9. The molecule has 2 nitrogen and oxygen atoms in total. The molecule has 0 aliphatic carbocycles. The van der Waals surface area contributed by atoms with Crippen LogP contribution < -0.4 is 5.32 Å². The standard InChI is InChI=1S/C16H13FN2S/c17-14-5-3-6-15(13(14)9-18)19-10-12-8-11-4-1-2-7-16(11)20-12/h1-7,12,19H,8,10H2. The van der Waals surface area contributed by atoms with E-state index in [0.717, 1.165) is 13.0 Å². The fourth-order valence-electron chi connectivity index (χ4n) is 2.38. The summed E-state index contributed by atoms with van der Waals surface area (Å²) in [5.41, 5.74) is 2.03. The highest BCUT2D eigenvalue weighted by molar-refractivity contribution is 8.00. The second kappa shape index (κ2) is 5.56. The van der Waals surface area contributed by atoms with Gasteiger partial charge in [-0.15, -0.1) is 11.8 Å². The summed E-state index contributed by atoms with van der Waals surface area (Å²) in [5, 5.41) is 12.6. The van der Waals surface area contributed by atoms with Crippen LogP contribution in [0.5, 0.6) is 0 Å². The average molecular weight is 284 g/mol. The molecule has 100 valence electrons. The number of nitrogens with one attached hydrogen (secondary N) is 1. The average Bonchev–Trinajstić information content (AvgIpc) is 2.88. The fraction of sp³-hybridized carbons (Fsp3) is 0.188. The van der Waals surface area contributed by atoms with E-state index in [4.69, 9.17) is 5.26 Å². The molecule has 1 unspecified atom stereocenters. The smallest absolute Gasteiger partial charge is 0.143 e. The number of thioether (sulfide) groups is 1. The van der Waals surface area contributed by atoms with Gasteiger partial charge in [0, 0.05) is 16.7 Å². The number of anilines is 1. The van der Waals surface area contributed by atoms with Crippen LogP contribution in [0.15, 0.2) is 47.4 Å². The molecule has 20 heavy (non-hydrogen) atoms. The third kappa shape index (κ3) is 2.50. The number of fused-ring (bicyclic) bond motifs is 1. The van der Waals surface area contributed by atoms with Crippen molar-refractivity contribution in [3.63, 3.8) is 0 Å². The summed E-state index contributed by atoms with van der Waals surface area (Å²) >= 11 is 1.83. The van der Waals surface area contributed by atoms with Gasteiger partial charge in [0.15, 0.2) is 0 Å². The maximum Gasteiger partial charge on any atom is 0.143 e. The summed E-state index contributed by atoms with van der Waals surface area (Å²) in [6.45, 7) is 0.720. The summed E-state index contributed by atoms with van der Waals surface area (Å²) in [5.74, 6) is -0.472. The van der Waals surface area contributed by atoms with Crippen LogP contribution in [-0.2, 0) is 6.42 Å². The molecule has 0 amide bonds. The van der Waals surface area contributed by atoms with Gasteiger partial charge in [-0.1, -0.05) is 24.3 Å². The van der Waals surface area contributed by atoms with Crippen LogP contribution >= 0.6 is 11.8 Å². The highest BCUT2D eigenvalue weighted by Gasteiger charge is 2.21. The molecule has 0 saturated carbocycles. The molecule has 2 aromatic rings. The zero-order valence-corrected chi connectivity index (χ0v) is 11.6. The summed E-state index contributed by atoms with van der Waals surface area (Å²) in [6.07, 6.45) is 1.01. The minimum Gasteiger partial charge on any atom is -0.383 e. The van der Waals surface area contributed by atoms with Crippen LogP contribution in [-0.4, -0.2) is 11.8 Å². The molecular formula is C16H13FN2S. The van der Waals surface area contributed by atoms with Crippen LogP contribution in [0.1, 0.15) is 11.1 Å². The molecule has 0 fully saturated rings. The first kappa shape index (κ1) is 13.0. The highest BCUT2D eigenvalue weighted by Crippen LogP contribution is 2.36. The van der Waals surface area contributed by atoms with E-state index < -0.39 is 5.82 Å². The monoisotopic (exact) mass is 284 g/mol. The Kier molecular flexibility index (Phi) is 3.62. The lowest BCUT2D eigenvalue weighted by atomic mass is 10.1. The van der Waals surface area contributed by atoms with E-state index in [1.165, 1.54) is 16.5 Å². The molecule has 0 spiro atoms. The Hall–Kier alpha value is -1.99. The molecule has 2 aromatic carbocycles. The van der Waals surface area contributed by atoms with Crippen molar-refractivity contribution in [2.24, 2.45) is 0 Å². The van der Waals surface area contributed by atoms with Crippen molar-refractivity contribution >= 4 is 17.4 Å². The van der Waals surface area contributed by atoms with E-state index in [2.05, 4.69) is 23.5 Å². The Balaban J connectivity index is 1.68. The third-order valence-electron chi connectivity index (χ3n) is 3.36. The van der Waals surface area contributed by atoms with Crippen LogP contribution in [0.4, 0.5) is 10.1 Å².